The number of carbonyl (C=O) groups excluding carboxylic acids is 1. The minimum atomic E-state index is -0.826. The second kappa shape index (κ2) is 6.07. The van der Waals surface area contributed by atoms with Crippen LogP contribution in [0.25, 0.3) is 11.0 Å². The average Bonchev–Trinajstić information content (AvgIpc) is 3.08. The molecule has 5 nitrogen and oxygen atoms in total. The number of rotatable bonds is 4. The van der Waals surface area contributed by atoms with E-state index in [1.54, 1.807) is 6.26 Å². The van der Waals surface area contributed by atoms with Crippen LogP contribution in [-0.2, 0) is 16.0 Å². The van der Waals surface area contributed by atoms with Gasteiger partial charge in [-0.15, -0.1) is 0 Å². The lowest BCUT2D eigenvalue weighted by atomic mass is 10.0. The summed E-state index contributed by atoms with van der Waals surface area (Å²) in [5.74, 6) is -1.44. The highest BCUT2D eigenvalue weighted by Gasteiger charge is 2.33. The Kier molecular flexibility index (Phi) is 4.11. The Morgan fingerprint density at radius 1 is 1.26 bits per heavy atom. The number of nitrogens with one attached hydrogen (secondary N) is 1. The number of carboxylic acid groups (broad SMARTS) is 1. The number of furan rings is 1. The van der Waals surface area contributed by atoms with Crippen LogP contribution >= 0.6 is 0 Å². The third kappa shape index (κ3) is 3.09. The van der Waals surface area contributed by atoms with E-state index in [1.807, 2.05) is 26.0 Å². The summed E-state index contributed by atoms with van der Waals surface area (Å²) in [4.78, 5) is 23.5. The number of amides is 1. The zero-order chi connectivity index (χ0) is 16.6. The quantitative estimate of drug-likeness (QED) is 0.909. The Morgan fingerprint density at radius 3 is 2.74 bits per heavy atom. The van der Waals surface area contributed by atoms with Crippen LogP contribution < -0.4 is 5.32 Å². The van der Waals surface area contributed by atoms with Crippen molar-refractivity contribution in [2.75, 3.05) is 0 Å². The molecule has 1 aliphatic carbocycles. The van der Waals surface area contributed by atoms with E-state index in [0.29, 0.717) is 6.42 Å². The summed E-state index contributed by atoms with van der Waals surface area (Å²) in [6.45, 7) is 4.05. The molecular weight excluding hydrogens is 294 g/mol. The third-order valence-electron chi connectivity index (χ3n) is 4.80. The molecule has 1 aliphatic rings. The Hall–Kier alpha value is -2.30. The van der Waals surface area contributed by atoms with Crippen LogP contribution in [0.4, 0.5) is 0 Å². The van der Waals surface area contributed by atoms with E-state index in [1.165, 1.54) is 0 Å². The molecule has 2 aromatic rings. The molecule has 2 atom stereocenters. The summed E-state index contributed by atoms with van der Waals surface area (Å²) in [5, 5.41) is 13.0. The first-order chi connectivity index (χ1) is 11.0. The lowest BCUT2D eigenvalue weighted by Crippen LogP contribution is -2.40. The van der Waals surface area contributed by atoms with Crippen molar-refractivity contribution in [2.24, 2.45) is 5.92 Å². The van der Waals surface area contributed by atoms with E-state index >= 15 is 0 Å². The normalized spacial score (nSPS) is 20.8. The third-order valence-corrected chi connectivity index (χ3v) is 4.80. The van der Waals surface area contributed by atoms with Gasteiger partial charge in [-0.25, -0.2) is 0 Å². The molecular formula is C18H21NO4. The number of benzene rings is 1. The van der Waals surface area contributed by atoms with Gasteiger partial charge in [0.2, 0.25) is 5.91 Å². The van der Waals surface area contributed by atoms with Gasteiger partial charge in [-0.3, -0.25) is 9.59 Å². The fraction of sp³-hybridized carbons (Fsp3) is 0.444. The number of fused-ring (bicyclic) bond motifs is 1. The van der Waals surface area contributed by atoms with E-state index < -0.39 is 11.9 Å². The molecule has 1 saturated carbocycles. The van der Waals surface area contributed by atoms with Crippen molar-refractivity contribution in [3.05, 3.63) is 35.1 Å². The minimum Gasteiger partial charge on any atom is -0.481 e. The zero-order valence-corrected chi connectivity index (χ0v) is 13.4. The van der Waals surface area contributed by atoms with Gasteiger partial charge in [0, 0.05) is 17.0 Å². The van der Waals surface area contributed by atoms with Crippen molar-refractivity contribution in [3.63, 3.8) is 0 Å². The standard InChI is InChI=1S/C18H21NO4/c1-10-6-14-12(9-23-16(14)7-11(10)2)8-17(20)19-15-5-3-4-13(15)18(21)22/h6-7,9,13,15H,3-5,8H2,1-2H3,(H,19,20)(H,21,22)/t13-,15+/m0/s1. The smallest absolute Gasteiger partial charge is 0.308 e. The van der Waals surface area contributed by atoms with Gasteiger partial charge in [0.1, 0.15) is 5.58 Å². The average molecular weight is 315 g/mol. The van der Waals surface area contributed by atoms with Crippen molar-refractivity contribution in [1.29, 1.82) is 0 Å². The Balaban J connectivity index is 1.73. The molecule has 1 heterocycles. The summed E-state index contributed by atoms with van der Waals surface area (Å²) < 4.78 is 5.54. The van der Waals surface area contributed by atoms with Crippen LogP contribution in [0.1, 0.15) is 36.0 Å². The highest BCUT2D eigenvalue weighted by molar-refractivity contribution is 5.88. The molecule has 0 aliphatic heterocycles. The molecule has 1 aromatic carbocycles. The van der Waals surface area contributed by atoms with E-state index in [9.17, 15) is 14.7 Å². The number of carboxylic acids is 1. The second-order valence-corrected chi connectivity index (χ2v) is 6.42. The molecule has 5 heteroatoms. The Morgan fingerprint density at radius 2 is 2.00 bits per heavy atom. The van der Waals surface area contributed by atoms with Gasteiger partial charge < -0.3 is 14.8 Å². The monoisotopic (exact) mass is 315 g/mol. The molecule has 0 bridgehead atoms. The molecule has 0 unspecified atom stereocenters. The maximum absolute atomic E-state index is 12.3. The number of carbonyl (C=O) groups is 2. The van der Waals surface area contributed by atoms with Crippen LogP contribution in [0.5, 0.6) is 0 Å². The lowest BCUT2D eigenvalue weighted by Gasteiger charge is -2.17. The predicted molar refractivity (Wildman–Crippen MR) is 86.3 cm³/mol. The number of hydrogen-bond acceptors (Lipinski definition) is 3. The summed E-state index contributed by atoms with van der Waals surface area (Å²) in [5.41, 5.74) is 3.92. The number of aliphatic carboxylic acids is 1. The van der Waals surface area contributed by atoms with Crippen LogP contribution in [0.2, 0.25) is 0 Å². The first kappa shape index (κ1) is 15.6. The van der Waals surface area contributed by atoms with Crippen LogP contribution in [-0.4, -0.2) is 23.0 Å². The Bertz CT molecular complexity index is 762. The van der Waals surface area contributed by atoms with E-state index in [4.69, 9.17) is 4.42 Å². The van der Waals surface area contributed by atoms with Crippen LogP contribution in [0.15, 0.2) is 22.8 Å². The highest BCUT2D eigenvalue weighted by atomic mass is 16.4. The molecule has 0 spiro atoms. The number of aryl methyl sites for hydroxylation is 2. The molecule has 122 valence electrons. The summed E-state index contributed by atoms with van der Waals surface area (Å²) in [7, 11) is 0. The summed E-state index contributed by atoms with van der Waals surface area (Å²) >= 11 is 0. The van der Waals surface area contributed by atoms with Gasteiger partial charge in [0.25, 0.3) is 0 Å². The Labute approximate surface area is 134 Å². The van der Waals surface area contributed by atoms with Gasteiger partial charge in [0.05, 0.1) is 18.6 Å². The van der Waals surface area contributed by atoms with Gasteiger partial charge in [-0.1, -0.05) is 6.42 Å². The molecule has 1 fully saturated rings. The van der Waals surface area contributed by atoms with E-state index in [0.717, 1.165) is 40.5 Å². The first-order valence-corrected chi connectivity index (χ1v) is 7.95. The minimum absolute atomic E-state index is 0.149. The largest absolute Gasteiger partial charge is 0.481 e. The SMILES string of the molecule is Cc1cc2occ(CC(=O)N[C@@H]3CCC[C@@H]3C(=O)O)c2cc1C. The van der Waals surface area contributed by atoms with Gasteiger partial charge in [-0.2, -0.15) is 0 Å². The van der Waals surface area contributed by atoms with Gasteiger partial charge in [0.15, 0.2) is 0 Å². The zero-order valence-electron chi connectivity index (χ0n) is 13.4. The van der Waals surface area contributed by atoms with Gasteiger partial charge in [-0.05, 0) is 49.9 Å². The van der Waals surface area contributed by atoms with Gasteiger partial charge >= 0.3 is 5.97 Å². The van der Waals surface area contributed by atoms with Crippen molar-refractivity contribution in [2.45, 2.75) is 45.6 Å². The van der Waals surface area contributed by atoms with Crippen LogP contribution in [0, 0.1) is 19.8 Å². The predicted octanol–water partition coefficient (Wildman–Crippen LogP) is 2.96. The molecule has 1 amide bonds. The van der Waals surface area contributed by atoms with E-state index in [2.05, 4.69) is 5.32 Å². The van der Waals surface area contributed by atoms with Crippen molar-refractivity contribution in [1.82, 2.24) is 5.32 Å². The fourth-order valence-corrected chi connectivity index (χ4v) is 3.33. The highest BCUT2D eigenvalue weighted by Crippen LogP contribution is 2.27. The second-order valence-electron chi connectivity index (χ2n) is 6.42. The molecule has 3 rings (SSSR count). The maximum atomic E-state index is 12.3. The fourth-order valence-electron chi connectivity index (χ4n) is 3.33. The maximum Gasteiger partial charge on any atom is 0.308 e. The van der Waals surface area contributed by atoms with E-state index in [-0.39, 0.29) is 18.4 Å². The van der Waals surface area contributed by atoms with Crippen LogP contribution in [0.3, 0.4) is 0 Å². The topological polar surface area (TPSA) is 79.5 Å². The molecule has 1 aromatic heterocycles. The van der Waals surface area contributed by atoms with Crippen molar-refractivity contribution >= 4 is 22.8 Å². The number of hydrogen-bond donors (Lipinski definition) is 2. The lowest BCUT2D eigenvalue weighted by molar-refractivity contribution is -0.142. The van der Waals surface area contributed by atoms with Crippen molar-refractivity contribution < 1.29 is 19.1 Å². The summed E-state index contributed by atoms with van der Waals surface area (Å²) in [6.07, 6.45) is 4.03. The molecule has 23 heavy (non-hydrogen) atoms. The van der Waals surface area contributed by atoms with Crippen molar-refractivity contribution in [3.8, 4) is 0 Å². The first-order valence-electron chi connectivity index (χ1n) is 7.95. The summed E-state index contributed by atoms with van der Waals surface area (Å²) in [6, 6.07) is 3.75. The molecule has 0 radical (unpaired) electrons. The molecule has 0 saturated heterocycles. The molecule has 2 N–H and O–H groups in total.